The van der Waals surface area contributed by atoms with E-state index in [1.54, 1.807) is 0 Å². The van der Waals surface area contributed by atoms with Crippen LogP contribution in [0.4, 0.5) is 10.5 Å². The third-order valence-corrected chi connectivity index (χ3v) is 4.09. The maximum absolute atomic E-state index is 12.1. The second-order valence-electron chi connectivity index (χ2n) is 6.62. The van der Waals surface area contributed by atoms with Crippen LogP contribution in [-0.4, -0.2) is 30.9 Å². The molecule has 0 saturated carbocycles. The first-order valence-electron chi connectivity index (χ1n) is 9.05. The minimum absolute atomic E-state index is 0.168. The van der Waals surface area contributed by atoms with Crippen molar-refractivity contribution in [3.05, 3.63) is 64.7 Å². The zero-order chi connectivity index (χ0) is 20.5. The number of carbonyl (C=O) groups is 3. The second kappa shape index (κ2) is 10.1. The molecule has 0 spiro atoms. The molecule has 0 unspecified atom stereocenters. The summed E-state index contributed by atoms with van der Waals surface area (Å²) in [6.45, 7) is 5.83. The molecule has 0 aromatic heterocycles. The number of hydrogen-bond donors (Lipinski definition) is 4. The minimum Gasteiger partial charge on any atom is -0.345 e. The largest absolute Gasteiger partial charge is 0.345 e. The van der Waals surface area contributed by atoms with Gasteiger partial charge in [0.15, 0.2) is 0 Å². The van der Waals surface area contributed by atoms with Crippen molar-refractivity contribution in [3.63, 3.8) is 0 Å². The number of benzene rings is 2. The summed E-state index contributed by atoms with van der Waals surface area (Å²) in [7, 11) is 0. The molecule has 0 radical (unpaired) electrons. The topological polar surface area (TPSA) is 99.3 Å². The van der Waals surface area contributed by atoms with Crippen LogP contribution < -0.4 is 21.3 Å². The predicted molar refractivity (Wildman–Crippen MR) is 109 cm³/mol. The number of urea groups is 1. The Hall–Kier alpha value is -3.35. The summed E-state index contributed by atoms with van der Waals surface area (Å²) in [5, 5.41) is 10.4. The lowest BCUT2D eigenvalue weighted by atomic mass is 10.1. The Kier molecular flexibility index (Phi) is 7.56. The highest BCUT2D eigenvalue weighted by Gasteiger charge is 2.10. The summed E-state index contributed by atoms with van der Waals surface area (Å²) in [6, 6.07) is 13.0. The predicted octanol–water partition coefficient (Wildman–Crippen LogP) is 2.17. The van der Waals surface area contributed by atoms with E-state index in [0.29, 0.717) is 6.54 Å². The van der Waals surface area contributed by atoms with Gasteiger partial charge in [-0.25, -0.2) is 4.79 Å². The third-order valence-electron chi connectivity index (χ3n) is 4.09. The normalized spacial score (nSPS) is 10.1. The van der Waals surface area contributed by atoms with Gasteiger partial charge in [0, 0.05) is 12.2 Å². The summed E-state index contributed by atoms with van der Waals surface area (Å²) >= 11 is 0. The average molecular weight is 382 g/mol. The second-order valence-corrected chi connectivity index (χ2v) is 6.62. The molecule has 0 bridgehead atoms. The smallest absolute Gasteiger partial charge is 0.315 e. The third kappa shape index (κ3) is 6.75. The Bertz CT molecular complexity index is 827. The molecular weight excluding hydrogens is 356 g/mol. The van der Waals surface area contributed by atoms with E-state index in [9.17, 15) is 14.4 Å². The number of hydrogen-bond acceptors (Lipinski definition) is 3. The maximum Gasteiger partial charge on any atom is 0.315 e. The fraction of sp³-hybridized carbons (Fsp3) is 0.286. The molecule has 0 heterocycles. The highest BCUT2D eigenvalue weighted by molar-refractivity contribution is 5.96. The number of aryl methyl sites for hydroxylation is 3. The van der Waals surface area contributed by atoms with E-state index in [-0.39, 0.29) is 19.0 Å². The lowest BCUT2D eigenvalue weighted by Gasteiger charge is -2.13. The summed E-state index contributed by atoms with van der Waals surface area (Å²) in [6.07, 6.45) is 0. The first kappa shape index (κ1) is 21.0. The standard InChI is InChI=1S/C21H26N4O3/c1-14-9-15(2)20(16(3)10-14)25-19(27)13-22-18(26)12-24-21(28)23-11-17-7-5-4-6-8-17/h4-10H,11-13H2,1-3H3,(H,22,26)(H,25,27)(H2,23,24,28). The van der Waals surface area contributed by atoms with Gasteiger partial charge in [-0.05, 0) is 37.5 Å². The zero-order valence-electron chi connectivity index (χ0n) is 16.4. The Morgan fingerprint density at radius 1 is 0.786 bits per heavy atom. The van der Waals surface area contributed by atoms with Crippen LogP contribution in [0.25, 0.3) is 0 Å². The van der Waals surface area contributed by atoms with E-state index in [1.165, 1.54) is 0 Å². The summed E-state index contributed by atoms with van der Waals surface area (Å²) in [5.41, 5.74) is 4.77. The lowest BCUT2D eigenvalue weighted by Crippen LogP contribution is -2.43. The van der Waals surface area contributed by atoms with Gasteiger partial charge in [-0.3, -0.25) is 9.59 Å². The Balaban J connectivity index is 1.69. The van der Waals surface area contributed by atoms with E-state index in [4.69, 9.17) is 0 Å². The molecule has 2 aromatic rings. The van der Waals surface area contributed by atoms with Crippen molar-refractivity contribution in [1.29, 1.82) is 0 Å². The van der Waals surface area contributed by atoms with E-state index in [1.807, 2.05) is 63.2 Å². The molecule has 2 rings (SSSR count). The molecule has 0 aliphatic rings. The van der Waals surface area contributed by atoms with Gasteiger partial charge in [-0.2, -0.15) is 0 Å². The van der Waals surface area contributed by atoms with Crippen molar-refractivity contribution in [3.8, 4) is 0 Å². The molecule has 0 saturated heterocycles. The maximum atomic E-state index is 12.1. The van der Waals surface area contributed by atoms with Crippen molar-refractivity contribution in [2.45, 2.75) is 27.3 Å². The summed E-state index contributed by atoms with van der Waals surface area (Å²) in [5.74, 6) is -0.765. The molecule has 148 valence electrons. The molecule has 7 nitrogen and oxygen atoms in total. The average Bonchev–Trinajstić information content (AvgIpc) is 2.66. The van der Waals surface area contributed by atoms with E-state index < -0.39 is 11.9 Å². The fourth-order valence-electron chi connectivity index (χ4n) is 2.80. The molecule has 0 aliphatic carbocycles. The first-order valence-corrected chi connectivity index (χ1v) is 9.05. The van der Waals surface area contributed by atoms with Gasteiger partial charge in [0.05, 0.1) is 13.1 Å². The highest BCUT2D eigenvalue weighted by Crippen LogP contribution is 2.21. The van der Waals surface area contributed by atoms with E-state index in [2.05, 4.69) is 21.3 Å². The van der Waals surface area contributed by atoms with Gasteiger partial charge in [0.2, 0.25) is 11.8 Å². The van der Waals surface area contributed by atoms with Gasteiger partial charge in [-0.15, -0.1) is 0 Å². The molecule has 7 heteroatoms. The summed E-state index contributed by atoms with van der Waals surface area (Å²) in [4.78, 5) is 35.6. The fourth-order valence-corrected chi connectivity index (χ4v) is 2.80. The molecule has 0 fully saturated rings. The van der Waals surface area contributed by atoms with Crippen molar-refractivity contribution >= 4 is 23.5 Å². The lowest BCUT2D eigenvalue weighted by molar-refractivity contribution is -0.123. The zero-order valence-corrected chi connectivity index (χ0v) is 16.4. The van der Waals surface area contributed by atoms with Crippen LogP contribution in [0.5, 0.6) is 0 Å². The highest BCUT2D eigenvalue weighted by atomic mass is 16.2. The van der Waals surface area contributed by atoms with Crippen LogP contribution in [0.3, 0.4) is 0 Å². The van der Waals surface area contributed by atoms with Crippen LogP contribution >= 0.6 is 0 Å². The Labute approximate surface area is 164 Å². The monoisotopic (exact) mass is 382 g/mol. The van der Waals surface area contributed by atoms with Gasteiger partial charge in [0.25, 0.3) is 0 Å². The molecule has 28 heavy (non-hydrogen) atoms. The number of nitrogens with one attached hydrogen (secondary N) is 4. The van der Waals surface area contributed by atoms with Crippen LogP contribution in [0.1, 0.15) is 22.3 Å². The van der Waals surface area contributed by atoms with E-state index in [0.717, 1.165) is 27.9 Å². The molecule has 2 aromatic carbocycles. The van der Waals surface area contributed by atoms with Crippen LogP contribution in [0, 0.1) is 20.8 Å². The van der Waals surface area contributed by atoms with Crippen LogP contribution in [0.15, 0.2) is 42.5 Å². The van der Waals surface area contributed by atoms with Crippen LogP contribution in [0.2, 0.25) is 0 Å². The van der Waals surface area contributed by atoms with Crippen LogP contribution in [-0.2, 0) is 16.1 Å². The number of carbonyl (C=O) groups excluding carboxylic acids is 3. The Morgan fingerprint density at radius 2 is 1.39 bits per heavy atom. The van der Waals surface area contributed by atoms with Crippen molar-refractivity contribution in [2.75, 3.05) is 18.4 Å². The van der Waals surface area contributed by atoms with E-state index >= 15 is 0 Å². The molecule has 4 amide bonds. The number of rotatable bonds is 7. The molecule has 0 atom stereocenters. The molecule has 4 N–H and O–H groups in total. The van der Waals surface area contributed by atoms with Crippen molar-refractivity contribution in [1.82, 2.24) is 16.0 Å². The van der Waals surface area contributed by atoms with Crippen molar-refractivity contribution < 1.29 is 14.4 Å². The Morgan fingerprint density at radius 3 is 2.04 bits per heavy atom. The van der Waals surface area contributed by atoms with Gasteiger partial charge in [0.1, 0.15) is 0 Å². The SMILES string of the molecule is Cc1cc(C)c(NC(=O)CNC(=O)CNC(=O)NCc2ccccc2)c(C)c1. The van der Waals surface area contributed by atoms with Gasteiger partial charge in [-0.1, -0.05) is 48.0 Å². The van der Waals surface area contributed by atoms with Gasteiger partial charge < -0.3 is 21.3 Å². The number of anilines is 1. The first-order chi connectivity index (χ1) is 13.3. The quantitative estimate of drug-likeness (QED) is 0.590. The number of amides is 4. The molecule has 0 aliphatic heterocycles. The van der Waals surface area contributed by atoms with Gasteiger partial charge >= 0.3 is 6.03 Å². The molecular formula is C21H26N4O3. The van der Waals surface area contributed by atoms with Crippen molar-refractivity contribution in [2.24, 2.45) is 0 Å². The minimum atomic E-state index is -0.450. The summed E-state index contributed by atoms with van der Waals surface area (Å²) < 4.78 is 0.